The van der Waals surface area contributed by atoms with E-state index in [1.165, 1.54) is 44.9 Å². The summed E-state index contributed by atoms with van der Waals surface area (Å²) in [5.41, 5.74) is 0. The van der Waals surface area contributed by atoms with Crippen LogP contribution in [0, 0.1) is 0 Å². The molecule has 0 heterocycles. The first kappa shape index (κ1) is 51.7. The van der Waals surface area contributed by atoms with E-state index in [9.17, 15) is 19.2 Å². The van der Waals surface area contributed by atoms with Gasteiger partial charge >= 0.3 is 24.1 Å². The number of hydrogen-bond donors (Lipinski definition) is 0. The molecule has 0 saturated heterocycles. The minimum Gasteiger partial charge on any atom is -0.466 e. The van der Waals surface area contributed by atoms with Crippen molar-refractivity contribution in [2.24, 2.45) is 0 Å². The third kappa shape index (κ3) is 39.4. The molecule has 54 heavy (non-hydrogen) atoms. The number of rotatable bonds is 41. The maximum Gasteiger partial charge on any atom is 0.508 e. The molecule has 0 fully saturated rings. The molecule has 0 aliphatic carbocycles. The van der Waals surface area contributed by atoms with Gasteiger partial charge in [-0.3, -0.25) is 14.4 Å². The number of hydrogen-bond acceptors (Lipinski definition) is 9. The predicted molar refractivity (Wildman–Crippen MR) is 218 cm³/mol. The molecule has 0 radical (unpaired) electrons. The van der Waals surface area contributed by atoms with Crippen LogP contribution in [0.2, 0.25) is 0 Å². The van der Waals surface area contributed by atoms with Crippen molar-refractivity contribution >= 4 is 24.1 Å². The highest BCUT2D eigenvalue weighted by Gasteiger charge is 2.17. The third-order valence-corrected chi connectivity index (χ3v) is 9.87. The van der Waals surface area contributed by atoms with Crippen LogP contribution in [-0.2, 0) is 38.1 Å². The van der Waals surface area contributed by atoms with Gasteiger partial charge < -0.3 is 23.7 Å². The molecular formula is C45H84O9. The molecule has 0 aliphatic rings. The Balaban J connectivity index is 4.00. The van der Waals surface area contributed by atoms with E-state index in [-0.39, 0.29) is 30.6 Å². The third-order valence-electron chi connectivity index (χ3n) is 9.87. The smallest absolute Gasteiger partial charge is 0.466 e. The van der Waals surface area contributed by atoms with Gasteiger partial charge in [-0.05, 0) is 51.4 Å². The lowest BCUT2D eigenvalue weighted by Gasteiger charge is -2.18. The molecule has 9 nitrogen and oxygen atoms in total. The molecule has 0 aromatic heterocycles. The van der Waals surface area contributed by atoms with Crippen molar-refractivity contribution in [2.75, 3.05) is 26.4 Å². The summed E-state index contributed by atoms with van der Waals surface area (Å²) in [5.74, 6) is -0.312. The van der Waals surface area contributed by atoms with Crippen LogP contribution in [0.5, 0.6) is 0 Å². The van der Waals surface area contributed by atoms with Crippen LogP contribution >= 0.6 is 0 Å². The van der Waals surface area contributed by atoms with Crippen molar-refractivity contribution < 1.29 is 42.9 Å². The van der Waals surface area contributed by atoms with Crippen molar-refractivity contribution in [3.05, 3.63) is 0 Å². The van der Waals surface area contributed by atoms with Gasteiger partial charge in [-0.25, -0.2) is 4.79 Å². The summed E-state index contributed by atoms with van der Waals surface area (Å²) in [7, 11) is 0. The Morgan fingerprint density at radius 3 is 1.09 bits per heavy atom. The number of ether oxygens (including phenoxy) is 5. The van der Waals surface area contributed by atoms with Crippen molar-refractivity contribution in [2.45, 2.75) is 239 Å². The standard InChI is InChI=1S/C45H84O9/c1-4-7-10-19-26-33-42(46)50-37-30-23-17-13-12-15-21-25-32-41(54-45(49)53-39-29-9-6-3)36-40-52-44(48)35-28-22-16-14-18-24-31-38-51-43(47)34-27-20-11-8-5-2/h41H,4-40H2,1-3H3. The van der Waals surface area contributed by atoms with Gasteiger partial charge in [0.2, 0.25) is 0 Å². The molecule has 1 unspecified atom stereocenters. The summed E-state index contributed by atoms with van der Waals surface area (Å²) in [6.07, 6.45) is 31.8. The second kappa shape index (κ2) is 41.8. The molecule has 0 aliphatic heterocycles. The van der Waals surface area contributed by atoms with Crippen molar-refractivity contribution in [3.8, 4) is 0 Å². The number of carbonyl (C=O) groups excluding carboxylic acids is 4. The van der Waals surface area contributed by atoms with Gasteiger partial charge in [0.25, 0.3) is 0 Å². The Bertz CT molecular complexity index is 862. The molecule has 0 N–H and O–H groups in total. The molecule has 1 atom stereocenters. The lowest BCUT2D eigenvalue weighted by atomic mass is 10.0. The molecule has 0 bridgehead atoms. The molecule has 0 aromatic carbocycles. The fourth-order valence-corrected chi connectivity index (χ4v) is 6.37. The fraction of sp³-hybridized carbons (Fsp3) is 0.911. The lowest BCUT2D eigenvalue weighted by molar-refractivity contribution is -0.145. The van der Waals surface area contributed by atoms with Gasteiger partial charge in [0.1, 0.15) is 6.10 Å². The second-order valence-electron chi connectivity index (χ2n) is 15.2. The van der Waals surface area contributed by atoms with Crippen LogP contribution in [-0.4, -0.2) is 56.6 Å². The van der Waals surface area contributed by atoms with Crippen molar-refractivity contribution in [1.29, 1.82) is 0 Å². The first-order valence-electron chi connectivity index (χ1n) is 22.7. The summed E-state index contributed by atoms with van der Waals surface area (Å²) >= 11 is 0. The van der Waals surface area contributed by atoms with E-state index in [0.29, 0.717) is 45.5 Å². The zero-order valence-electron chi connectivity index (χ0n) is 35.4. The topological polar surface area (TPSA) is 114 Å². The number of unbranched alkanes of at least 4 members (excludes halogenated alkanes) is 23. The lowest BCUT2D eigenvalue weighted by Crippen LogP contribution is -2.22. The van der Waals surface area contributed by atoms with Crippen LogP contribution in [0.15, 0.2) is 0 Å². The van der Waals surface area contributed by atoms with Gasteiger partial charge in [-0.1, -0.05) is 156 Å². The Kier molecular flexibility index (Phi) is 40.0. The van der Waals surface area contributed by atoms with Gasteiger partial charge in [0.15, 0.2) is 0 Å². The molecule has 9 heteroatoms. The summed E-state index contributed by atoms with van der Waals surface area (Å²) in [4.78, 5) is 48.3. The quantitative estimate of drug-likeness (QED) is 0.0340. The molecule has 0 saturated carbocycles. The van der Waals surface area contributed by atoms with E-state index in [1.54, 1.807) is 0 Å². The van der Waals surface area contributed by atoms with Gasteiger partial charge in [0, 0.05) is 25.7 Å². The van der Waals surface area contributed by atoms with Crippen LogP contribution in [0.25, 0.3) is 0 Å². The zero-order valence-corrected chi connectivity index (χ0v) is 35.4. The minimum atomic E-state index is -0.630. The molecule has 0 aromatic rings. The summed E-state index contributed by atoms with van der Waals surface area (Å²) in [6.45, 7) is 8.15. The van der Waals surface area contributed by atoms with E-state index in [0.717, 1.165) is 141 Å². The van der Waals surface area contributed by atoms with E-state index in [4.69, 9.17) is 23.7 Å². The highest BCUT2D eigenvalue weighted by atomic mass is 16.7. The Labute approximate surface area is 331 Å². The predicted octanol–water partition coefficient (Wildman–Crippen LogP) is 13.1. The van der Waals surface area contributed by atoms with Gasteiger partial charge in [0.05, 0.1) is 26.4 Å². The highest BCUT2D eigenvalue weighted by molar-refractivity contribution is 5.69. The Morgan fingerprint density at radius 1 is 0.333 bits per heavy atom. The highest BCUT2D eigenvalue weighted by Crippen LogP contribution is 2.16. The Morgan fingerprint density at radius 2 is 0.648 bits per heavy atom. The largest absolute Gasteiger partial charge is 0.508 e. The van der Waals surface area contributed by atoms with E-state index in [1.807, 2.05) is 0 Å². The monoisotopic (exact) mass is 769 g/mol. The van der Waals surface area contributed by atoms with Gasteiger partial charge in [-0.2, -0.15) is 0 Å². The summed E-state index contributed by atoms with van der Waals surface area (Å²) in [6, 6.07) is 0. The first-order chi connectivity index (χ1) is 26.4. The molecule has 318 valence electrons. The number of carbonyl (C=O) groups is 4. The van der Waals surface area contributed by atoms with Gasteiger partial charge in [-0.15, -0.1) is 0 Å². The maximum atomic E-state index is 12.3. The second-order valence-corrected chi connectivity index (χ2v) is 15.2. The van der Waals surface area contributed by atoms with Crippen molar-refractivity contribution in [3.63, 3.8) is 0 Å². The normalized spacial score (nSPS) is 11.6. The summed E-state index contributed by atoms with van der Waals surface area (Å²) < 4.78 is 27.1. The molecular weight excluding hydrogens is 684 g/mol. The van der Waals surface area contributed by atoms with Crippen LogP contribution < -0.4 is 0 Å². The first-order valence-corrected chi connectivity index (χ1v) is 22.7. The van der Waals surface area contributed by atoms with Crippen LogP contribution in [0.3, 0.4) is 0 Å². The summed E-state index contributed by atoms with van der Waals surface area (Å²) in [5, 5.41) is 0. The molecule has 0 rings (SSSR count). The molecule has 0 spiro atoms. The average molecular weight is 769 g/mol. The minimum absolute atomic E-state index is 0.0535. The van der Waals surface area contributed by atoms with Crippen LogP contribution in [0.1, 0.15) is 233 Å². The van der Waals surface area contributed by atoms with E-state index >= 15 is 0 Å². The SMILES string of the molecule is CCCCCCCC(=O)OCCCCCCCCCCC(CCOC(=O)CCCCCCCCCOC(=O)CCCCCCC)OC(=O)OCCCCC. The van der Waals surface area contributed by atoms with Crippen molar-refractivity contribution in [1.82, 2.24) is 0 Å². The maximum absolute atomic E-state index is 12.3. The number of esters is 3. The van der Waals surface area contributed by atoms with E-state index in [2.05, 4.69) is 20.8 Å². The zero-order chi connectivity index (χ0) is 39.6. The van der Waals surface area contributed by atoms with Crippen LogP contribution in [0.4, 0.5) is 4.79 Å². The average Bonchev–Trinajstić information content (AvgIpc) is 3.16. The fourth-order valence-electron chi connectivity index (χ4n) is 6.37. The Hall–Kier alpha value is -2.32. The molecule has 0 amide bonds. The van der Waals surface area contributed by atoms with E-state index < -0.39 is 6.16 Å².